The molecular weight excluding hydrogens is 302 g/mol. The van der Waals surface area contributed by atoms with Gasteiger partial charge in [-0.3, -0.25) is 9.59 Å². The van der Waals surface area contributed by atoms with Gasteiger partial charge in [0.15, 0.2) is 0 Å². The number of carboxylic acid groups (broad SMARTS) is 1. The first-order chi connectivity index (χ1) is 11.6. The third-order valence-electron chi connectivity index (χ3n) is 4.61. The highest BCUT2D eigenvalue weighted by molar-refractivity contribution is 5.84. The Morgan fingerprint density at radius 1 is 1.12 bits per heavy atom. The maximum absolute atomic E-state index is 12.6. The molecule has 24 heavy (non-hydrogen) atoms. The number of hydrogen-bond donors (Lipinski definition) is 2. The van der Waals surface area contributed by atoms with E-state index in [1.54, 1.807) is 0 Å². The minimum atomic E-state index is -0.921. The molecule has 0 aliphatic heterocycles. The lowest BCUT2D eigenvalue weighted by Gasteiger charge is -2.17. The number of rotatable bonds is 6. The van der Waals surface area contributed by atoms with Crippen LogP contribution in [0.3, 0.4) is 0 Å². The van der Waals surface area contributed by atoms with Crippen LogP contribution < -0.4 is 5.32 Å². The number of carbonyl (C=O) groups excluding carboxylic acids is 1. The van der Waals surface area contributed by atoms with Gasteiger partial charge < -0.3 is 10.4 Å². The van der Waals surface area contributed by atoms with Gasteiger partial charge in [0.2, 0.25) is 5.91 Å². The molecule has 0 bridgehead atoms. The quantitative estimate of drug-likeness (QED) is 0.856. The van der Waals surface area contributed by atoms with Gasteiger partial charge in [0.25, 0.3) is 0 Å². The van der Waals surface area contributed by atoms with Crippen molar-refractivity contribution in [2.75, 3.05) is 0 Å². The number of carbonyl (C=O) groups is 2. The summed E-state index contributed by atoms with van der Waals surface area (Å²) < 4.78 is 0. The van der Waals surface area contributed by atoms with E-state index in [4.69, 9.17) is 5.11 Å². The summed E-state index contributed by atoms with van der Waals surface area (Å²) in [4.78, 5) is 23.7. The fraction of sp³-hybridized carbons (Fsp3) is 0.300. The van der Waals surface area contributed by atoms with Crippen LogP contribution in [-0.4, -0.2) is 17.0 Å². The molecule has 1 saturated carbocycles. The average Bonchev–Trinajstić information content (AvgIpc) is 3.35. The molecule has 1 aliphatic carbocycles. The molecule has 0 heterocycles. The molecule has 2 aromatic carbocycles. The standard InChI is InChI=1S/C20H21NO3/c1-13-7-5-6-10-15(13)16-11-17(16)20(24)21-18(12-19(22)23)14-8-3-2-4-9-14/h2-10,16-18H,11-12H2,1H3,(H,21,24)(H,22,23)/t16-,17+,18?/m0/s1. The molecule has 1 aliphatic rings. The maximum atomic E-state index is 12.6. The SMILES string of the molecule is Cc1ccccc1[C@@H]1C[C@H]1C(=O)NC(CC(=O)O)c1ccccc1. The van der Waals surface area contributed by atoms with Crippen molar-refractivity contribution < 1.29 is 14.7 Å². The number of hydrogen-bond acceptors (Lipinski definition) is 2. The van der Waals surface area contributed by atoms with E-state index in [9.17, 15) is 9.59 Å². The molecule has 2 aromatic rings. The number of nitrogens with one attached hydrogen (secondary N) is 1. The smallest absolute Gasteiger partial charge is 0.305 e. The minimum Gasteiger partial charge on any atom is -0.481 e. The van der Waals surface area contributed by atoms with E-state index in [1.807, 2.05) is 42.5 Å². The Morgan fingerprint density at radius 2 is 1.79 bits per heavy atom. The molecule has 124 valence electrons. The fourth-order valence-electron chi connectivity index (χ4n) is 3.22. The molecule has 2 N–H and O–H groups in total. The lowest BCUT2D eigenvalue weighted by molar-refractivity contribution is -0.137. The summed E-state index contributed by atoms with van der Waals surface area (Å²) in [5.74, 6) is -0.799. The summed E-state index contributed by atoms with van der Waals surface area (Å²) in [7, 11) is 0. The summed E-state index contributed by atoms with van der Waals surface area (Å²) in [5.41, 5.74) is 3.23. The molecule has 1 amide bonds. The predicted molar refractivity (Wildman–Crippen MR) is 91.6 cm³/mol. The molecule has 1 fully saturated rings. The van der Waals surface area contributed by atoms with E-state index in [-0.39, 0.29) is 24.2 Å². The molecule has 3 atom stereocenters. The van der Waals surface area contributed by atoms with Crippen LogP contribution >= 0.6 is 0 Å². The van der Waals surface area contributed by atoms with E-state index in [0.29, 0.717) is 0 Å². The third-order valence-corrected chi connectivity index (χ3v) is 4.61. The van der Waals surface area contributed by atoms with E-state index in [2.05, 4.69) is 24.4 Å². The molecule has 3 rings (SSSR count). The first-order valence-electron chi connectivity index (χ1n) is 8.19. The van der Waals surface area contributed by atoms with Gasteiger partial charge in [-0.25, -0.2) is 0 Å². The van der Waals surface area contributed by atoms with Gasteiger partial charge in [-0.15, -0.1) is 0 Å². The maximum Gasteiger partial charge on any atom is 0.305 e. The van der Waals surface area contributed by atoms with Crippen LogP contribution in [0.15, 0.2) is 54.6 Å². The summed E-state index contributed by atoms with van der Waals surface area (Å²) >= 11 is 0. The van der Waals surface area contributed by atoms with Crippen molar-refractivity contribution in [2.24, 2.45) is 5.92 Å². The first-order valence-corrected chi connectivity index (χ1v) is 8.19. The number of amides is 1. The van der Waals surface area contributed by atoms with Crippen LogP contribution in [0.1, 0.15) is 41.5 Å². The first kappa shape index (κ1) is 16.2. The van der Waals surface area contributed by atoms with Gasteiger partial charge in [-0.2, -0.15) is 0 Å². The van der Waals surface area contributed by atoms with Gasteiger partial charge in [-0.05, 0) is 36.0 Å². The van der Waals surface area contributed by atoms with Crippen molar-refractivity contribution in [3.05, 3.63) is 71.3 Å². The Balaban J connectivity index is 1.69. The van der Waals surface area contributed by atoms with Gasteiger partial charge in [-0.1, -0.05) is 54.6 Å². The second-order valence-electron chi connectivity index (χ2n) is 6.37. The van der Waals surface area contributed by atoms with E-state index >= 15 is 0 Å². The Kier molecular flexibility index (Phi) is 4.65. The number of carboxylic acids is 1. The van der Waals surface area contributed by atoms with Crippen LogP contribution in [0.4, 0.5) is 0 Å². The topological polar surface area (TPSA) is 66.4 Å². The monoisotopic (exact) mass is 323 g/mol. The second-order valence-corrected chi connectivity index (χ2v) is 6.37. The molecule has 0 aromatic heterocycles. The summed E-state index contributed by atoms with van der Waals surface area (Å²) in [6.07, 6.45) is 0.711. The molecule has 0 radical (unpaired) electrons. The zero-order chi connectivity index (χ0) is 17.1. The molecular formula is C20H21NO3. The highest BCUT2D eigenvalue weighted by Gasteiger charge is 2.45. The molecule has 4 heteroatoms. The highest BCUT2D eigenvalue weighted by Crippen LogP contribution is 2.48. The average molecular weight is 323 g/mol. The zero-order valence-electron chi connectivity index (χ0n) is 13.6. The molecule has 0 spiro atoms. The predicted octanol–water partition coefficient (Wildman–Crippen LogP) is 3.43. The summed E-state index contributed by atoms with van der Waals surface area (Å²) in [6, 6.07) is 16.9. The summed E-state index contributed by atoms with van der Waals surface area (Å²) in [6.45, 7) is 2.06. The Bertz CT molecular complexity index is 742. The molecule has 0 saturated heterocycles. The van der Waals surface area contributed by atoms with Crippen molar-refractivity contribution in [3.8, 4) is 0 Å². The van der Waals surface area contributed by atoms with Crippen molar-refractivity contribution in [1.82, 2.24) is 5.32 Å². The van der Waals surface area contributed by atoms with Crippen molar-refractivity contribution in [3.63, 3.8) is 0 Å². The number of aryl methyl sites for hydroxylation is 1. The number of aliphatic carboxylic acids is 1. The van der Waals surface area contributed by atoms with Crippen molar-refractivity contribution in [2.45, 2.75) is 31.7 Å². The number of benzene rings is 2. The summed E-state index contributed by atoms with van der Waals surface area (Å²) in [5, 5.41) is 12.1. The normalized spacial score (nSPS) is 20.2. The van der Waals surface area contributed by atoms with Crippen molar-refractivity contribution >= 4 is 11.9 Å². The Morgan fingerprint density at radius 3 is 2.46 bits per heavy atom. The van der Waals surface area contributed by atoms with Crippen LogP contribution in [-0.2, 0) is 9.59 Å². The van der Waals surface area contributed by atoms with Crippen LogP contribution in [0, 0.1) is 12.8 Å². The van der Waals surface area contributed by atoms with Crippen molar-refractivity contribution in [1.29, 1.82) is 0 Å². The Labute approximate surface area is 141 Å². The highest BCUT2D eigenvalue weighted by atomic mass is 16.4. The fourth-order valence-corrected chi connectivity index (χ4v) is 3.22. The van der Waals surface area contributed by atoms with Crippen LogP contribution in [0.2, 0.25) is 0 Å². The second kappa shape index (κ2) is 6.87. The lowest BCUT2D eigenvalue weighted by atomic mass is 10.0. The van der Waals surface area contributed by atoms with Gasteiger partial charge in [0, 0.05) is 5.92 Å². The van der Waals surface area contributed by atoms with Crippen LogP contribution in [0.25, 0.3) is 0 Å². The van der Waals surface area contributed by atoms with Gasteiger partial charge >= 0.3 is 5.97 Å². The van der Waals surface area contributed by atoms with E-state index in [0.717, 1.165) is 12.0 Å². The van der Waals surface area contributed by atoms with Crippen LogP contribution in [0.5, 0.6) is 0 Å². The third kappa shape index (κ3) is 3.65. The van der Waals surface area contributed by atoms with E-state index in [1.165, 1.54) is 11.1 Å². The van der Waals surface area contributed by atoms with E-state index < -0.39 is 12.0 Å². The minimum absolute atomic E-state index is 0.0571. The van der Waals surface area contributed by atoms with Gasteiger partial charge in [0.1, 0.15) is 0 Å². The van der Waals surface area contributed by atoms with Gasteiger partial charge in [0.05, 0.1) is 12.5 Å². The molecule has 1 unspecified atom stereocenters. The molecule has 4 nitrogen and oxygen atoms in total. The largest absolute Gasteiger partial charge is 0.481 e. The Hall–Kier alpha value is -2.62. The zero-order valence-corrected chi connectivity index (χ0v) is 13.6. The lowest BCUT2D eigenvalue weighted by Crippen LogP contribution is -2.31.